The van der Waals surface area contributed by atoms with Gasteiger partial charge in [0.2, 0.25) is 0 Å². The van der Waals surface area contributed by atoms with Crippen molar-refractivity contribution >= 4 is 12.6 Å². The summed E-state index contributed by atoms with van der Waals surface area (Å²) in [5.74, 6) is 0. The molecule has 0 amide bonds. The average Bonchev–Trinajstić information content (AvgIpc) is 1.95. The van der Waals surface area contributed by atoms with E-state index in [2.05, 4.69) is 38.4 Å². The molecule has 0 N–H and O–H groups in total. The molecule has 1 saturated heterocycles. The highest BCUT2D eigenvalue weighted by molar-refractivity contribution is 7.81. The maximum absolute atomic E-state index is 4.54. The number of rotatable bonds is 1. The average molecular weight is 173 g/mol. The van der Waals surface area contributed by atoms with Crippen molar-refractivity contribution in [3.05, 3.63) is 0 Å². The fourth-order valence-corrected chi connectivity index (χ4v) is 1.81. The highest BCUT2D eigenvalue weighted by Gasteiger charge is 2.32. The quantitative estimate of drug-likeness (QED) is 0.594. The van der Waals surface area contributed by atoms with E-state index in [0.717, 1.165) is 0 Å². The van der Waals surface area contributed by atoms with Gasteiger partial charge < -0.3 is 4.90 Å². The fraction of sp³-hybridized carbons (Fsp3) is 1.00. The molecule has 0 radical (unpaired) electrons. The largest absolute Gasteiger partial charge is 0.306 e. The summed E-state index contributed by atoms with van der Waals surface area (Å²) in [7, 11) is 2.20. The van der Waals surface area contributed by atoms with Crippen LogP contribution in [-0.4, -0.2) is 30.3 Å². The molecule has 0 aromatic heterocycles. The lowest BCUT2D eigenvalue weighted by Crippen LogP contribution is -2.40. The van der Waals surface area contributed by atoms with Crippen molar-refractivity contribution in [2.75, 3.05) is 20.1 Å². The third-order valence-electron chi connectivity index (χ3n) is 3.14. The monoisotopic (exact) mass is 173 g/mol. The van der Waals surface area contributed by atoms with Crippen LogP contribution in [0.15, 0.2) is 0 Å². The molecule has 1 nitrogen and oxygen atoms in total. The molecular weight excluding hydrogens is 154 g/mol. The van der Waals surface area contributed by atoms with Crippen LogP contribution >= 0.6 is 12.6 Å². The molecule has 0 aliphatic carbocycles. The Morgan fingerprint density at radius 2 is 1.82 bits per heavy atom. The van der Waals surface area contributed by atoms with Crippen LogP contribution in [0.1, 0.15) is 26.7 Å². The molecule has 0 saturated carbocycles. The van der Waals surface area contributed by atoms with Crippen LogP contribution in [0.25, 0.3) is 0 Å². The lowest BCUT2D eigenvalue weighted by molar-refractivity contribution is 0.141. The van der Waals surface area contributed by atoms with Crippen molar-refractivity contribution in [1.29, 1.82) is 0 Å². The van der Waals surface area contributed by atoms with Gasteiger partial charge in [-0.15, -0.1) is 0 Å². The van der Waals surface area contributed by atoms with Crippen LogP contribution in [0.5, 0.6) is 0 Å². The summed E-state index contributed by atoms with van der Waals surface area (Å²) in [6.07, 6.45) is 2.60. The Balaban J connectivity index is 2.48. The highest BCUT2D eigenvalue weighted by atomic mass is 32.1. The highest BCUT2D eigenvalue weighted by Crippen LogP contribution is 2.36. The van der Waals surface area contributed by atoms with Gasteiger partial charge in [-0.25, -0.2) is 0 Å². The van der Waals surface area contributed by atoms with E-state index in [1.54, 1.807) is 0 Å². The van der Waals surface area contributed by atoms with E-state index >= 15 is 0 Å². The van der Waals surface area contributed by atoms with Gasteiger partial charge in [-0.3, -0.25) is 0 Å². The zero-order chi connectivity index (χ0) is 8.48. The number of thiol groups is 1. The number of nitrogens with zero attached hydrogens (tertiary/aromatic N) is 1. The van der Waals surface area contributed by atoms with Crippen molar-refractivity contribution in [3.63, 3.8) is 0 Å². The smallest absolute Gasteiger partial charge is 0.00432 e. The number of piperidine rings is 1. The van der Waals surface area contributed by atoms with Crippen LogP contribution in [0, 0.1) is 5.41 Å². The minimum absolute atomic E-state index is 0.482. The first-order chi connectivity index (χ1) is 5.04. The number of hydrogen-bond acceptors (Lipinski definition) is 2. The molecule has 11 heavy (non-hydrogen) atoms. The first kappa shape index (κ1) is 9.40. The third-order valence-corrected chi connectivity index (χ3v) is 3.76. The van der Waals surface area contributed by atoms with Gasteiger partial charge >= 0.3 is 0 Å². The number of hydrogen-bond donors (Lipinski definition) is 1. The fourth-order valence-electron chi connectivity index (χ4n) is 1.55. The second-order valence-electron chi connectivity index (χ2n) is 4.13. The van der Waals surface area contributed by atoms with E-state index in [-0.39, 0.29) is 0 Å². The van der Waals surface area contributed by atoms with Crippen molar-refractivity contribution in [1.82, 2.24) is 4.90 Å². The van der Waals surface area contributed by atoms with Gasteiger partial charge in [-0.05, 0) is 38.4 Å². The standard InChI is InChI=1S/C9H19NS/c1-8(11)9(2)4-6-10(3)7-5-9/h8,11H,4-7H2,1-3H3. The van der Waals surface area contributed by atoms with Crippen molar-refractivity contribution in [2.45, 2.75) is 31.9 Å². The third kappa shape index (κ3) is 2.12. The first-order valence-corrected chi connectivity index (χ1v) is 4.93. The Labute approximate surface area is 75.6 Å². The lowest BCUT2D eigenvalue weighted by Gasteiger charge is -2.40. The summed E-state index contributed by atoms with van der Waals surface area (Å²) in [5, 5.41) is 0.538. The maximum Gasteiger partial charge on any atom is 0.00432 e. The molecule has 1 fully saturated rings. The molecule has 1 rings (SSSR count). The normalized spacial score (nSPS) is 28.4. The van der Waals surface area contributed by atoms with E-state index in [1.165, 1.54) is 25.9 Å². The lowest BCUT2D eigenvalue weighted by atomic mass is 9.78. The van der Waals surface area contributed by atoms with Gasteiger partial charge in [0.15, 0.2) is 0 Å². The van der Waals surface area contributed by atoms with Gasteiger partial charge in [0.05, 0.1) is 0 Å². The molecule has 1 aliphatic rings. The Morgan fingerprint density at radius 1 is 1.36 bits per heavy atom. The Morgan fingerprint density at radius 3 is 2.18 bits per heavy atom. The van der Waals surface area contributed by atoms with Crippen molar-refractivity contribution in [2.24, 2.45) is 5.41 Å². The summed E-state index contributed by atoms with van der Waals surface area (Å²) in [6.45, 7) is 7.05. The second-order valence-corrected chi connectivity index (χ2v) is 4.91. The SMILES string of the molecule is CC(S)C1(C)CCN(C)CC1. The van der Waals surface area contributed by atoms with E-state index in [9.17, 15) is 0 Å². The molecule has 1 aliphatic heterocycles. The summed E-state index contributed by atoms with van der Waals surface area (Å²) in [4.78, 5) is 2.40. The van der Waals surface area contributed by atoms with E-state index in [1.807, 2.05) is 0 Å². The van der Waals surface area contributed by atoms with Gasteiger partial charge in [0, 0.05) is 5.25 Å². The second kappa shape index (κ2) is 3.36. The predicted octanol–water partition coefficient (Wildman–Crippen LogP) is 2.04. The van der Waals surface area contributed by atoms with Gasteiger partial charge in [-0.2, -0.15) is 12.6 Å². The summed E-state index contributed by atoms with van der Waals surface area (Å²) >= 11 is 4.54. The predicted molar refractivity (Wildman–Crippen MR) is 53.3 cm³/mol. The van der Waals surface area contributed by atoms with Crippen LogP contribution in [0.2, 0.25) is 0 Å². The van der Waals surface area contributed by atoms with E-state index in [4.69, 9.17) is 0 Å². The molecule has 0 bridgehead atoms. The van der Waals surface area contributed by atoms with E-state index in [0.29, 0.717) is 10.7 Å². The van der Waals surface area contributed by atoms with Crippen molar-refractivity contribution in [3.8, 4) is 0 Å². The molecule has 0 aromatic rings. The topological polar surface area (TPSA) is 3.24 Å². The first-order valence-electron chi connectivity index (χ1n) is 4.41. The molecule has 0 aromatic carbocycles. The molecular formula is C9H19NS. The minimum Gasteiger partial charge on any atom is -0.306 e. The van der Waals surface area contributed by atoms with E-state index < -0.39 is 0 Å². The summed E-state index contributed by atoms with van der Waals surface area (Å²) in [5.41, 5.74) is 0.482. The zero-order valence-electron chi connectivity index (χ0n) is 7.80. The molecule has 1 heterocycles. The van der Waals surface area contributed by atoms with Gasteiger partial charge in [0.25, 0.3) is 0 Å². The molecule has 1 unspecified atom stereocenters. The molecule has 1 atom stereocenters. The van der Waals surface area contributed by atoms with Crippen LogP contribution < -0.4 is 0 Å². The Kier molecular flexibility index (Phi) is 2.87. The molecule has 2 heteroatoms. The van der Waals surface area contributed by atoms with Crippen LogP contribution in [0.3, 0.4) is 0 Å². The number of likely N-dealkylation sites (tertiary alicyclic amines) is 1. The zero-order valence-corrected chi connectivity index (χ0v) is 8.69. The van der Waals surface area contributed by atoms with Gasteiger partial charge in [-0.1, -0.05) is 13.8 Å². The molecule has 0 spiro atoms. The van der Waals surface area contributed by atoms with Crippen LogP contribution in [0.4, 0.5) is 0 Å². The molecule has 66 valence electrons. The summed E-state index contributed by atoms with van der Waals surface area (Å²) in [6, 6.07) is 0. The summed E-state index contributed by atoms with van der Waals surface area (Å²) < 4.78 is 0. The maximum atomic E-state index is 4.54. The van der Waals surface area contributed by atoms with Gasteiger partial charge in [0.1, 0.15) is 0 Å². The Bertz CT molecular complexity index is 126. The van der Waals surface area contributed by atoms with Crippen molar-refractivity contribution < 1.29 is 0 Å². The minimum atomic E-state index is 0.482. The van der Waals surface area contributed by atoms with Crippen LogP contribution in [-0.2, 0) is 0 Å². The Hall–Kier alpha value is 0.310.